The Morgan fingerprint density at radius 1 is 1.15 bits per heavy atom. The number of rotatable bonds is 6. The lowest BCUT2D eigenvalue weighted by Gasteiger charge is -2.24. The van der Waals surface area contributed by atoms with Crippen molar-refractivity contribution >= 4 is 17.5 Å². The van der Waals surface area contributed by atoms with E-state index in [2.05, 4.69) is 31.8 Å². The molecule has 1 aromatic carbocycles. The molecule has 0 aliphatic heterocycles. The number of anilines is 2. The van der Waals surface area contributed by atoms with Crippen LogP contribution in [0.4, 0.5) is 11.6 Å². The standard InChI is InChI=1S/C24H24N8O/c1-16-13-28-24(30-20-14-29-32(15-20)21-8-2-17(12-26)3-9-21)31-22(16)18-4-6-19(7-5-18)23(33)27-11-10-25/h4-7,13-15,17,21H,2-3,8-9,11H2,1H3,(H,27,33)(H,28,30,31)/t17-,21+. The third kappa shape index (κ3) is 5.16. The van der Waals surface area contributed by atoms with Crippen molar-refractivity contribution < 1.29 is 4.79 Å². The van der Waals surface area contributed by atoms with Crippen molar-refractivity contribution in [3.05, 3.63) is 54.0 Å². The van der Waals surface area contributed by atoms with Crippen LogP contribution in [0.5, 0.6) is 0 Å². The maximum atomic E-state index is 12.0. The van der Waals surface area contributed by atoms with Crippen LogP contribution in [0.2, 0.25) is 0 Å². The molecule has 3 aromatic rings. The first kappa shape index (κ1) is 22.0. The van der Waals surface area contributed by atoms with Crippen LogP contribution in [0, 0.1) is 35.5 Å². The SMILES string of the molecule is Cc1cnc(Nc2cnn([C@H]3CC[C@@H](C#N)CC3)c2)nc1-c1ccc(C(=O)NCC#N)cc1. The molecule has 1 aliphatic rings. The third-order valence-corrected chi connectivity index (χ3v) is 5.83. The molecule has 1 saturated carbocycles. The Kier molecular flexibility index (Phi) is 6.61. The van der Waals surface area contributed by atoms with E-state index in [0.717, 1.165) is 48.2 Å². The third-order valence-electron chi connectivity index (χ3n) is 5.83. The summed E-state index contributed by atoms with van der Waals surface area (Å²) < 4.78 is 1.96. The number of hydrogen-bond donors (Lipinski definition) is 2. The van der Waals surface area contributed by atoms with Crippen molar-refractivity contribution in [1.29, 1.82) is 10.5 Å². The van der Waals surface area contributed by atoms with E-state index in [0.29, 0.717) is 17.6 Å². The summed E-state index contributed by atoms with van der Waals surface area (Å²) in [6.07, 6.45) is 9.19. The minimum atomic E-state index is -0.289. The number of carbonyl (C=O) groups excluding carboxylic acids is 1. The zero-order valence-corrected chi connectivity index (χ0v) is 18.3. The van der Waals surface area contributed by atoms with Gasteiger partial charge in [-0.25, -0.2) is 9.97 Å². The summed E-state index contributed by atoms with van der Waals surface area (Å²) in [5, 5.41) is 27.9. The quantitative estimate of drug-likeness (QED) is 0.555. The number of hydrogen-bond acceptors (Lipinski definition) is 7. The Morgan fingerprint density at radius 2 is 1.91 bits per heavy atom. The van der Waals surface area contributed by atoms with Gasteiger partial charge in [0.25, 0.3) is 5.91 Å². The van der Waals surface area contributed by atoms with E-state index in [4.69, 9.17) is 10.5 Å². The zero-order chi connectivity index (χ0) is 23.2. The van der Waals surface area contributed by atoms with Crippen LogP contribution in [-0.4, -0.2) is 32.2 Å². The molecule has 2 heterocycles. The molecule has 0 spiro atoms. The first-order valence-corrected chi connectivity index (χ1v) is 10.9. The number of aromatic nitrogens is 4. The largest absolute Gasteiger partial charge is 0.339 e. The van der Waals surface area contributed by atoms with E-state index < -0.39 is 0 Å². The summed E-state index contributed by atoms with van der Waals surface area (Å²) in [4.78, 5) is 21.1. The van der Waals surface area contributed by atoms with Gasteiger partial charge < -0.3 is 10.6 Å². The maximum absolute atomic E-state index is 12.0. The molecule has 9 heteroatoms. The van der Waals surface area contributed by atoms with Gasteiger partial charge in [0, 0.05) is 29.4 Å². The molecule has 1 amide bonds. The topological polar surface area (TPSA) is 132 Å². The average Bonchev–Trinajstić information content (AvgIpc) is 3.32. The minimum absolute atomic E-state index is 0.0294. The monoisotopic (exact) mass is 440 g/mol. The number of carbonyl (C=O) groups is 1. The maximum Gasteiger partial charge on any atom is 0.252 e. The number of amides is 1. The second kappa shape index (κ2) is 9.92. The van der Waals surface area contributed by atoms with Gasteiger partial charge in [0.15, 0.2) is 0 Å². The fourth-order valence-electron chi connectivity index (χ4n) is 4.00. The van der Waals surface area contributed by atoms with Gasteiger partial charge in [-0.1, -0.05) is 12.1 Å². The summed E-state index contributed by atoms with van der Waals surface area (Å²) in [6, 6.07) is 11.6. The summed E-state index contributed by atoms with van der Waals surface area (Å²) in [6.45, 7) is 1.90. The van der Waals surface area contributed by atoms with Crippen molar-refractivity contribution in [2.45, 2.75) is 38.6 Å². The zero-order valence-electron chi connectivity index (χ0n) is 18.3. The van der Waals surface area contributed by atoms with E-state index in [-0.39, 0.29) is 18.4 Å². The molecule has 0 bridgehead atoms. The van der Waals surface area contributed by atoms with E-state index in [1.807, 2.05) is 36.0 Å². The highest BCUT2D eigenvalue weighted by molar-refractivity contribution is 5.94. The van der Waals surface area contributed by atoms with E-state index >= 15 is 0 Å². The average molecular weight is 441 g/mol. The van der Waals surface area contributed by atoms with Gasteiger partial charge in [0.2, 0.25) is 5.95 Å². The Balaban J connectivity index is 1.46. The lowest BCUT2D eigenvalue weighted by atomic mass is 9.87. The van der Waals surface area contributed by atoms with Gasteiger partial charge >= 0.3 is 0 Å². The van der Waals surface area contributed by atoms with Crippen LogP contribution >= 0.6 is 0 Å². The molecule has 1 fully saturated rings. The number of aryl methyl sites for hydroxylation is 1. The molecule has 0 unspecified atom stereocenters. The second-order valence-corrected chi connectivity index (χ2v) is 8.11. The smallest absolute Gasteiger partial charge is 0.252 e. The Morgan fingerprint density at radius 3 is 2.61 bits per heavy atom. The highest BCUT2D eigenvalue weighted by Crippen LogP contribution is 2.32. The summed E-state index contributed by atoms with van der Waals surface area (Å²) in [7, 11) is 0. The molecule has 9 nitrogen and oxygen atoms in total. The lowest BCUT2D eigenvalue weighted by Crippen LogP contribution is -2.23. The molecule has 2 aromatic heterocycles. The number of nitrogens with one attached hydrogen (secondary N) is 2. The van der Waals surface area contributed by atoms with Gasteiger partial charge in [-0.3, -0.25) is 9.48 Å². The summed E-state index contributed by atoms with van der Waals surface area (Å²) in [5.41, 5.74) is 3.82. The molecule has 0 saturated heterocycles. The molecule has 0 atom stereocenters. The van der Waals surface area contributed by atoms with E-state index in [9.17, 15) is 4.79 Å². The molecule has 1 aliphatic carbocycles. The van der Waals surface area contributed by atoms with Crippen molar-refractivity contribution in [3.63, 3.8) is 0 Å². The van der Waals surface area contributed by atoms with E-state index in [1.165, 1.54) is 0 Å². The van der Waals surface area contributed by atoms with Crippen LogP contribution < -0.4 is 10.6 Å². The Labute approximate surface area is 192 Å². The molecule has 4 rings (SSSR count). The second-order valence-electron chi connectivity index (χ2n) is 8.11. The van der Waals surface area contributed by atoms with Crippen molar-refractivity contribution in [2.24, 2.45) is 5.92 Å². The molecule has 0 radical (unpaired) electrons. The predicted octanol–water partition coefficient (Wildman–Crippen LogP) is 3.90. The molecule has 2 N–H and O–H groups in total. The highest BCUT2D eigenvalue weighted by Gasteiger charge is 2.22. The van der Waals surface area contributed by atoms with E-state index in [1.54, 1.807) is 24.5 Å². The van der Waals surface area contributed by atoms with Crippen molar-refractivity contribution in [2.75, 3.05) is 11.9 Å². The molecular weight excluding hydrogens is 416 g/mol. The Hall–Kier alpha value is -4.24. The highest BCUT2D eigenvalue weighted by atomic mass is 16.1. The van der Waals surface area contributed by atoms with Gasteiger partial charge in [0.05, 0.1) is 35.8 Å². The molecular formula is C24H24N8O. The number of benzene rings is 1. The van der Waals surface area contributed by atoms with Crippen LogP contribution in [0.15, 0.2) is 42.9 Å². The van der Waals surface area contributed by atoms with Crippen molar-refractivity contribution in [3.8, 4) is 23.4 Å². The van der Waals surface area contributed by atoms with Crippen LogP contribution in [-0.2, 0) is 0 Å². The summed E-state index contributed by atoms with van der Waals surface area (Å²) in [5.74, 6) is 0.331. The van der Waals surface area contributed by atoms with Crippen LogP contribution in [0.1, 0.15) is 47.6 Å². The number of nitrogens with zero attached hydrogens (tertiary/aromatic N) is 6. The van der Waals surface area contributed by atoms with Gasteiger partial charge in [0.1, 0.15) is 6.54 Å². The van der Waals surface area contributed by atoms with Crippen LogP contribution in [0.3, 0.4) is 0 Å². The van der Waals surface area contributed by atoms with Gasteiger partial charge in [-0.2, -0.15) is 15.6 Å². The predicted molar refractivity (Wildman–Crippen MR) is 122 cm³/mol. The summed E-state index contributed by atoms with van der Waals surface area (Å²) >= 11 is 0. The molecule has 166 valence electrons. The normalized spacial score (nSPS) is 17.5. The van der Waals surface area contributed by atoms with Crippen LogP contribution in [0.25, 0.3) is 11.3 Å². The lowest BCUT2D eigenvalue weighted by molar-refractivity contribution is 0.0958. The molecule has 33 heavy (non-hydrogen) atoms. The fraction of sp³-hybridized carbons (Fsp3) is 0.333. The minimum Gasteiger partial charge on any atom is -0.339 e. The van der Waals surface area contributed by atoms with Crippen molar-refractivity contribution in [1.82, 2.24) is 25.1 Å². The fourth-order valence-corrected chi connectivity index (χ4v) is 4.00. The first-order chi connectivity index (χ1) is 16.1. The van der Waals surface area contributed by atoms with Gasteiger partial charge in [-0.05, 0) is 50.3 Å². The number of nitriles is 2. The first-order valence-electron chi connectivity index (χ1n) is 10.9. The Bertz CT molecular complexity index is 1210. The van der Waals surface area contributed by atoms with Gasteiger partial charge in [-0.15, -0.1) is 0 Å².